The number of aromatic amines is 1. The second-order valence-electron chi connectivity index (χ2n) is 4.14. The number of hydrogen-bond donors (Lipinski definition) is 3. The summed E-state index contributed by atoms with van der Waals surface area (Å²) in [5, 5.41) is 11.6. The highest BCUT2D eigenvalue weighted by molar-refractivity contribution is 9.10. The van der Waals surface area contributed by atoms with Gasteiger partial charge in [-0.15, -0.1) is 0 Å². The molecule has 0 bridgehead atoms. The quantitative estimate of drug-likeness (QED) is 0.691. The van der Waals surface area contributed by atoms with Gasteiger partial charge in [-0.25, -0.2) is 14.8 Å². The normalized spacial score (nSPS) is 11.9. The van der Waals surface area contributed by atoms with Crippen LogP contribution in [0.2, 0.25) is 5.15 Å². The summed E-state index contributed by atoms with van der Waals surface area (Å²) in [6, 6.07) is 0.368. The van der Waals surface area contributed by atoms with Gasteiger partial charge in [-0.1, -0.05) is 11.6 Å². The maximum absolute atomic E-state index is 12.1. The topological polar surface area (TPSA) is 108 Å². The molecule has 0 aliphatic carbocycles. The van der Waals surface area contributed by atoms with E-state index in [9.17, 15) is 14.7 Å². The molecule has 2 rings (SSSR count). The molecule has 1 amide bonds. The molecule has 9 heteroatoms. The van der Waals surface area contributed by atoms with Crippen LogP contribution >= 0.6 is 27.5 Å². The Morgan fingerprint density at radius 3 is 2.86 bits per heavy atom. The lowest BCUT2D eigenvalue weighted by atomic mass is 10.1. The number of aromatic nitrogens is 3. The molecular weight excluding hydrogens is 364 g/mol. The number of hydrogen-bond acceptors (Lipinski definition) is 4. The summed E-state index contributed by atoms with van der Waals surface area (Å²) < 4.78 is 0.567. The molecule has 7 nitrogen and oxygen atoms in total. The first-order valence-electron chi connectivity index (χ1n) is 5.79. The van der Waals surface area contributed by atoms with Crippen molar-refractivity contribution in [2.45, 2.75) is 12.5 Å². The molecule has 110 valence electrons. The van der Waals surface area contributed by atoms with E-state index in [-0.39, 0.29) is 17.1 Å². The van der Waals surface area contributed by atoms with Crippen LogP contribution in [0.15, 0.2) is 29.3 Å². The molecule has 0 aliphatic rings. The van der Waals surface area contributed by atoms with E-state index in [2.05, 4.69) is 36.2 Å². The van der Waals surface area contributed by atoms with Gasteiger partial charge < -0.3 is 15.4 Å². The highest BCUT2D eigenvalue weighted by Gasteiger charge is 2.23. The first-order valence-corrected chi connectivity index (χ1v) is 6.96. The molecule has 1 atom stereocenters. The minimum atomic E-state index is -1.16. The number of imidazole rings is 1. The lowest BCUT2D eigenvalue weighted by molar-refractivity contribution is -0.139. The second-order valence-corrected chi connectivity index (χ2v) is 5.41. The van der Waals surface area contributed by atoms with Crippen LogP contribution in [-0.2, 0) is 11.2 Å². The van der Waals surface area contributed by atoms with E-state index in [0.29, 0.717) is 10.2 Å². The average Bonchev–Trinajstić information content (AvgIpc) is 2.93. The van der Waals surface area contributed by atoms with Gasteiger partial charge in [0.1, 0.15) is 11.2 Å². The van der Waals surface area contributed by atoms with Crippen LogP contribution in [0, 0.1) is 0 Å². The van der Waals surface area contributed by atoms with Gasteiger partial charge in [0.2, 0.25) is 0 Å². The number of aliphatic carboxylic acids is 1. The highest BCUT2D eigenvalue weighted by atomic mass is 79.9. The summed E-state index contributed by atoms with van der Waals surface area (Å²) in [5.41, 5.74) is 0.697. The lowest BCUT2D eigenvalue weighted by Gasteiger charge is -2.14. The van der Waals surface area contributed by atoms with Crippen LogP contribution in [0.3, 0.4) is 0 Å². The number of amides is 1. The number of nitrogens with one attached hydrogen (secondary N) is 2. The van der Waals surface area contributed by atoms with E-state index >= 15 is 0 Å². The van der Waals surface area contributed by atoms with Crippen LogP contribution in [0.4, 0.5) is 0 Å². The van der Waals surface area contributed by atoms with Gasteiger partial charge in [0, 0.05) is 29.0 Å². The highest BCUT2D eigenvalue weighted by Crippen LogP contribution is 2.18. The fourth-order valence-corrected chi connectivity index (χ4v) is 2.15. The monoisotopic (exact) mass is 372 g/mol. The van der Waals surface area contributed by atoms with E-state index in [1.165, 1.54) is 24.8 Å². The summed E-state index contributed by atoms with van der Waals surface area (Å²) in [4.78, 5) is 33.8. The van der Waals surface area contributed by atoms with Crippen molar-refractivity contribution in [3.63, 3.8) is 0 Å². The number of halogens is 2. The van der Waals surface area contributed by atoms with Crippen molar-refractivity contribution in [1.29, 1.82) is 0 Å². The van der Waals surface area contributed by atoms with Crippen molar-refractivity contribution >= 4 is 39.4 Å². The van der Waals surface area contributed by atoms with Crippen LogP contribution in [0.5, 0.6) is 0 Å². The van der Waals surface area contributed by atoms with Gasteiger partial charge in [0.15, 0.2) is 0 Å². The summed E-state index contributed by atoms with van der Waals surface area (Å²) in [6.45, 7) is 0. The third kappa shape index (κ3) is 4.02. The number of carbonyl (C=O) groups excluding carboxylic acids is 1. The Balaban J connectivity index is 2.14. The molecule has 0 aromatic carbocycles. The fourth-order valence-electron chi connectivity index (χ4n) is 1.63. The maximum atomic E-state index is 12.1. The van der Waals surface area contributed by atoms with Gasteiger partial charge >= 0.3 is 5.97 Å². The Morgan fingerprint density at radius 2 is 2.24 bits per heavy atom. The van der Waals surface area contributed by atoms with Crippen LogP contribution in [0.25, 0.3) is 0 Å². The number of H-pyrrole nitrogens is 1. The maximum Gasteiger partial charge on any atom is 0.326 e. The van der Waals surface area contributed by atoms with Crippen molar-refractivity contribution in [1.82, 2.24) is 20.3 Å². The van der Waals surface area contributed by atoms with Crippen molar-refractivity contribution < 1.29 is 14.7 Å². The molecule has 2 aromatic rings. The van der Waals surface area contributed by atoms with Gasteiger partial charge in [-0.2, -0.15) is 0 Å². The number of carbonyl (C=O) groups is 2. The molecule has 2 heterocycles. The number of carboxylic acids is 1. The Hall–Kier alpha value is -1.93. The average molecular weight is 374 g/mol. The molecule has 0 radical (unpaired) electrons. The van der Waals surface area contributed by atoms with Crippen molar-refractivity contribution in [2.24, 2.45) is 0 Å². The van der Waals surface area contributed by atoms with E-state index in [0.717, 1.165) is 0 Å². The van der Waals surface area contributed by atoms with Crippen LogP contribution in [-0.4, -0.2) is 38.0 Å². The second kappa shape index (κ2) is 6.68. The van der Waals surface area contributed by atoms with E-state index in [1.54, 1.807) is 0 Å². The number of nitrogens with zero attached hydrogens (tertiary/aromatic N) is 2. The minimum Gasteiger partial charge on any atom is -0.480 e. The molecule has 0 saturated carbocycles. The summed E-state index contributed by atoms with van der Waals surface area (Å²) in [5.74, 6) is -1.77. The minimum absolute atomic E-state index is 0.00128. The van der Waals surface area contributed by atoms with Crippen molar-refractivity contribution in [2.75, 3.05) is 0 Å². The molecular formula is C12H10BrClN4O3. The SMILES string of the molecule is O=C(NC(Cc1cnc[nH]1)C(=O)O)c1cc(Br)cnc1Cl. The first-order chi connectivity index (χ1) is 9.97. The Kier molecular flexibility index (Phi) is 4.92. The van der Waals surface area contributed by atoms with Crippen molar-refractivity contribution in [3.8, 4) is 0 Å². The van der Waals surface area contributed by atoms with Gasteiger partial charge in [-0.05, 0) is 22.0 Å². The zero-order chi connectivity index (χ0) is 15.4. The number of rotatable bonds is 5. The van der Waals surface area contributed by atoms with E-state index in [4.69, 9.17) is 11.6 Å². The molecule has 21 heavy (non-hydrogen) atoms. The summed E-state index contributed by atoms with van der Waals surface area (Å²) in [7, 11) is 0. The van der Waals surface area contributed by atoms with E-state index < -0.39 is 17.9 Å². The molecule has 3 N–H and O–H groups in total. The molecule has 0 spiro atoms. The molecule has 0 saturated heterocycles. The van der Waals surface area contributed by atoms with Gasteiger partial charge in [-0.3, -0.25) is 4.79 Å². The first kappa shape index (κ1) is 15.5. The van der Waals surface area contributed by atoms with Gasteiger partial charge in [0.05, 0.1) is 11.9 Å². The fraction of sp³-hybridized carbons (Fsp3) is 0.167. The van der Waals surface area contributed by atoms with Gasteiger partial charge in [0.25, 0.3) is 5.91 Å². The third-order valence-electron chi connectivity index (χ3n) is 2.63. The van der Waals surface area contributed by atoms with Crippen LogP contribution < -0.4 is 5.32 Å². The predicted octanol–water partition coefficient (Wildman–Crippen LogP) is 1.65. The summed E-state index contributed by atoms with van der Waals surface area (Å²) in [6.07, 6.45) is 4.46. The zero-order valence-corrected chi connectivity index (χ0v) is 12.8. The standard InChI is InChI=1S/C12H10BrClN4O3/c13-6-1-8(10(14)16-3-6)11(19)18-9(12(20)21)2-7-4-15-5-17-7/h1,3-5,9H,2H2,(H,15,17)(H,18,19)(H,20,21). The van der Waals surface area contributed by atoms with Crippen molar-refractivity contribution in [3.05, 3.63) is 45.7 Å². The molecule has 1 unspecified atom stereocenters. The largest absolute Gasteiger partial charge is 0.480 e. The zero-order valence-electron chi connectivity index (χ0n) is 10.5. The summed E-state index contributed by atoms with van der Waals surface area (Å²) >= 11 is 9.02. The van der Waals surface area contributed by atoms with E-state index in [1.807, 2.05) is 0 Å². The smallest absolute Gasteiger partial charge is 0.326 e. The molecule has 2 aromatic heterocycles. The Labute approximate surface area is 132 Å². The third-order valence-corrected chi connectivity index (χ3v) is 3.37. The Morgan fingerprint density at radius 1 is 1.48 bits per heavy atom. The molecule has 0 aliphatic heterocycles. The number of pyridine rings is 1. The lowest BCUT2D eigenvalue weighted by Crippen LogP contribution is -2.42. The van der Waals surface area contributed by atoms with Crippen LogP contribution in [0.1, 0.15) is 16.1 Å². The Bertz CT molecular complexity index is 663. The number of carboxylic acid groups (broad SMARTS) is 1. The predicted molar refractivity (Wildman–Crippen MR) is 78.1 cm³/mol. The molecule has 0 fully saturated rings.